The van der Waals surface area contributed by atoms with E-state index in [4.69, 9.17) is 0 Å². The smallest absolute Gasteiger partial charge is 0.103 e. The first-order chi connectivity index (χ1) is 14.5. The molecule has 0 bridgehead atoms. The molecule has 0 N–H and O–H groups in total. The number of fused-ring (bicyclic) bond motifs is 1. The predicted molar refractivity (Wildman–Crippen MR) is 135 cm³/mol. The largest absolute Gasteiger partial charge is 0.122 e. The lowest BCUT2D eigenvalue weighted by Gasteiger charge is -2.51. The Hall–Kier alpha value is -0.455. The SMILES string of the molecule is C=CC1CCCC(C(C)([B]C(CC)C2CC3CC/C=C(\C)CCCC32)CC)CCC1. The zero-order valence-corrected chi connectivity index (χ0v) is 20.8. The molecule has 169 valence electrons. The topological polar surface area (TPSA) is 0 Å². The molecule has 0 aliphatic heterocycles. The van der Waals surface area contributed by atoms with Gasteiger partial charge in [-0.3, -0.25) is 0 Å². The molecule has 30 heavy (non-hydrogen) atoms. The van der Waals surface area contributed by atoms with Crippen LogP contribution < -0.4 is 0 Å². The molecule has 5 unspecified atom stereocenters. The van der Waals surface area contributed by atoms with E-state index in [1.54, 1.807) is 5.57 Å². The first kappa shape index (κ1) is 24.2. The third-order valence-electron chi connectivity index (χ3n) is 9.77. The van der Waals surface area contributed by atoms with Crippen LogP contribution in [0, 0.1) is 29.6 Å². The highest BCUT2D eigenvalue weighted by molar-refractivity contribution is 6.42. The van der Waals surface area contributed by atoms with Gasteiger partial charge in [0.25, 0.3) is 0 Å². The highest BCUT2D eigenvalue weighted by Crippen LogP contribution is 2.56. The molecular formula is C29H50B. The molecule has 0 heterocycles. The first-order valence-corrected chi connectivity index (χ1v) is 13.6. The number of allylic oxidation sites excluding steroid dienone is 3. The maximum atomic E-state index is 4.07. The van der Waals surface area contributed by atoms with Crippen molar-refractivity contribution in [2.75, 3.05) is 0 Å². The zero-order chi connectivity index (χ0) is 21.6. The van der Waals surface area contributed by atoms with Crippen LogP contribution >= 0.6 is 0 Å². The summed E-state index contributed by atoms with van der Waals surface area (Å²) in [7, 11) is 2.92. The van der Waals surface area contributed by atoms with Crippen molar-refractivity contribution in [3.63, 3.8) is 0 Å². The summed E-state index contributed by atoms with van der Waals surface area (Å²) in [6.45, 7) is 14.0. The van der Waals surface area contributed by atoms with E-state index in [1.165, 1.54) is 89.9 Å². The van der Waals surface area contributed by atoms with Crippen LogP contribution in [0.25, 0.3) is 0 Å². The van der Waals surface area contributed by atoms with Crippen molar-refractivity contribution >= 4 is 7.28 Å². The van der Waals surface area contributed by atoms with Gasteiger partial charge in [0.05, 0.1) is 0 Å². The van der Waals surface area contributed by atoms with Crippen molar-refractivity contribution in [3.05, 3.63) is 24.3 Å². The zero-order valence-electron chi connectivity index (χ0n) is 20.8. The molecule has 2 fully saturated rings. The molecule has 0 amide bonds. The molecule has 3 rings (SSSR count). The second-order valence-electron chi connectivity index (χ2n) is 11.5. The molecule has 5 atom stereocenters. The van der Waals surface area contributed by atoms with Crippen molar-refractivity contribution in [1.29, 1.82) is 0 Å². The van der Waals surface area contributed by atoms with Crippen LogP contribution in [-0.4, -0.2) is 7.28 Å². The van der Waals surface area contributed by atoms with Gasteiger partial charge in [-0.05, 0) is 87.9 Å². The molecule has 0 aromatic carbocycles. The standard InChI is InChI=1S/C29H50B/c1-6-23-15-11-18-25(19-12-16-23)29(5,8-3)30-28(7-2)27-21-24-17-9-13-22(4)14-10-20-26(24)27/h6,13,23-28H,1,7-12,14-21H2,2-5H3/b22-13+. The lowest BCUT2D eigenvalue weighted by molar-refractivity contribution is 0.0477. The van der Waals surface area contributed by atoms with E-state index in [-0.39, 0.29) is 0 Å². The quantitative estimate of drug-likeness (QED) is 0.290. The van der Waals surface area contributed by atoms with E-state index in [9.17, 15) is 0 Å². The van der Waals surface area contributed by atoms with E-state index in [0.717, 1.165) is 35.4 Å². The summed E-state index contributed by atoms with van der Waals surface area (Å²) in [6, 6.07) is 0. The second-order valence-corrected chi connectivity index (χ2v) is 11.5. The Morgan fingerprint density at radius 2 is 1.83 bits per heavy atom. The lowest BCUT2D eigenvalue weighted by atomic mass is 9.35. The maximum absolute atomic E-state index is 4.07. The van der Waals surface area contributed by atoms with Crippen LogP contribution in [0.2, 0.25) is 11.1 Å². The molecule has 2 saturated carbocycles. The molecule has 0 aromatic rings. The molecule has 0 saturated heterocycles. The minimum Gasteiger partial charge on any atom is -0.103 e. The summed E-state index contributed by atoms with van der Waals surface area (Å²) in [4.78, 5) is 0. The van der Waals surface area contributed by atoms with Crippen LogP contribution in [-0.2, 0) is 0 Å². The van der Waals surface area contributed by atoms with Gasteiger partial charge in [0.1, 0.15) is 7.28 Å². The maximum Gasteiger partial charge on any atom is 0.122 e. The van der Waals surface area contributed by atoms with Crippen LogP contribution in [0.3, 0.4) is 0 Å². The Balaban J connectivity index is 1.62. The number of rotatable bonds is 7. The fourth-order valence-electron chi connectivity index (χ4n) is 7.40. The van der Waals surface area contributed by atoms with Gasteiger partial charge >= 0.3 is 0 Å². The normalized spacial score (nSPS) is 37.9. The van der Waals surface area contributed by atoms with Gasteiger partial charge in [0.15, 0.2) is 0 Å². The third kappa shape index (κ3) is 5.86. The summed E-state index contributed by atoms with van der Waals surface area (Å²) < 4.78 is 0. The van der Waals surface area contributed by atoms with Gasteiger partial charge in [-0.1, -0.05) is 88.2 Å². The van der Waals surface area contributed by atoms with Crippen molar-refractivity contribution in [3.8, 4) is 0 Å². The molecule has 0 aromatic heterocycles. The van der Waals surface area contributed by atoms with E-state index >= 15 is 0 Å². The van der Waals surface area contributed by atoms with Crippen LogP contribution in [0.1, 0.15) is 118 Å². The van der Waals surface area contributed by atoms with Crippen LogP contribution in [0.5, 0.6) is 0 Å². The molecule has 1 radical (unpaired) electrons. The predicted octanol–water partition coefficient (Wildman–Crippen LogP) is 9.41. The fraction of sp³-hybridized carbons (Fsp3) is 0.862. The molecule has 3 aliphatic rings. The van der Waals surface area contributed by atoms with Crippen LogP contribution in [0.4, 0.5) is 0 Å². The summed E-state index contributed by atoms with van der Waals surface area (Å²) in [5.41, 5.74) is 1.65. The summed E-state index contributed by atoms with van der Waals surface area (Å²) >= 11 is 0. The van der Waals surface area contributed by atoms with Gasteiger partial charge in [-0.25, -0.2) is 0 Å². The third-order valence-corrected chi connectivity index (χ3v) is 9.77. The van der Waals surface area contributed by atoms with E-state index in [1.807, 2.05) is 0 Å². The van der Waals surface area contributed by atoms with E-state index < -0.39 is 0 Å². The Morgan fingerprint density at radius 1 is 1.10 bits per heavy atom. The van der Waals surface area contributed by atoms with E-state index in [0.29, 0.717) is 5.31 Å². The van der Waals surface area contributed by atoms with E-state index in [2.05, 4.69) is 53.7 Å². The Morgan fingerprint density at radius 3 is 2.47 bits per heavy atom. The van der Waals surface area contributed by atoms with Crippen molar-refractivity contribution < 1.29 is 0 Å². The Labute approximate surface area is 190 Å². The molecule has 1 heteroatoms. The van der Waals surface area contributed by atoms with Gasteiger partial charge in [-0.15, -0.1) is 6.58 Å². The average Bonchev–Trinajstić information content (AvgIpc) is 2.77. The minimum atomic E-state index is 0.434. The van der Waals surface area contributed by atoms with Gasteiger partial charge in [0, 0.05) is 0 Å². The average molecular weight is 410 g/mol. The Kier molecular flexibility index (Phi) is 9.21. The second kappa shape index (κ2) is 11.4. The highest BCUT2D eigenvalue weighted by atomic mass is 14.5. The molecule has 0 spiro atoms. The van der Waals surface area contributed by atoms with Crippen molar-refractivity contribution in [2.45, 2.75) is 129 Å². The van der Waals surface area contributed by atoms with Crippen LogP contribution in [0.15, 0.2) is 24.3 Å². The fourth-order valence-corrected chi connectivity index (χ4v) is 7.40. The van der Waals surface area contributed by atoms with Crippen molar-refractivity contribution in [2.24, 2.45) is 29.6 Å². The summed E-state index contributed by atoms with van der Waals surface area (Å²) in [5.74, 6) is 5.52. The first-order valence-electron chi connectivity index (χ1n) is 13.6. The van der Waals surface area contributed by atoms with Gasteiger partial charge < -0.3 is 0 Å². The lowest BCUT2D eigenvalue weighted by Crippen LogP contribution is -2.43. The highest BCUT2D eigenvalue weighted by Gasteiger charge is 2.46. The van der Waals surface area contributed by atoms with Gasteiger partial charge in [0.2, 0.25) is 0 Å². The van der Waals surface area contributed by atoms with Crippen molar-refractivity contribution in [1.82, 2.24) is 0 Å². The Bertz CT molecular complexity index is 553. The number of hydrogen-bond donors (Lipinski definition) is 0. The molecular weight excluding hydrogens is 359 g/mol. The number of hydrogen-bond acceptors (Lipinski definition) is 0. The summed E-state index contributed by atoms with van der Waals surface area (Å²) in [5, 5.41) is 0.434. The minimum absolute atomic E-state index is 0.434. The van der Waals surface area contributed by atoms with Gasteiger partial charge in [-0.2, -0.15) is 0 Å². The summed E-state index contributed by atoms with van der Waals surface area (Å²) in [6.07, 6.45) is 24.4. The molecule has 0 nitrogen and oxygen atoms in total. The monoisotopic (exact) mass is 409 g/mol. The molecule has 3 aliphatic carbocycles.